The van der Waals surface area contributed by atoms with Gasteiger partial charge >= 0.3 is 0 Å². The van der Waals surface area contributed by atoms with Gasteiger partial charge in [0.1, 0.15) is 17.4 Å². The first-order valence-corrected chi connectivity index (χ1v) is 6.17. The molecule has 0 saturated heterocycles. The fraction of sp³-hybridized carbons (Fsp3) is 0.286. The number of anilines is 1. The normalized spacial score (nSPS) is 12.9. The molecule has 0 aliphatic carbocycles. The summed E-state index contributed by atoms with van der Waals surface area (Å²) in [5, 5.41) is 4.28. The van der Waals surface area contributed by atoms with Crippen molar-refractivity contribution in [3.8, 4) is 0 Å². The van der Waals surface area contributed by atoms with E-state index in [2.05, 4.69) is 15.3 Å². The summed E-state index contributed by atoms with van der Waals surface area (Å²) in [6.07, 6.45) is 1.55. The first-order valence-electron chi connectivity index (χ1n) is 6.17. The number of benzene rings is 1. The van der Waals surface area contributed by atoms with E-state index in [0.29, 0.717) is 18.0 Å². The van der Waals surface area contributed by atoms with Crippen LogP contribution >= 0.6 is 0 Å². The minimum Gasteiger partial charge on any atom is -0.450 e. The van der Waals surface area contributed by atoms with E-state index in [1.165, 1.54) is 0 Å². The summed E-state index contributed by atoms with van der Waals surface area (Å²) in [5.74, 6) is 0.700. The number of aromatic nitrogens is 2. The smallest absolute Gasteiger partial charge is 0.196 e. The van der Waals surface area contributed by atoms with Gasteiger partial charge in [0, 0.05) is 18.5 Å². The molecule has 2 heterocycles. The number of rotatable bonds is 4. The van der Waals surface area contributed by atoms with Crippen LogP contribution in [-0.2, 0) is 4.74 Å². The zero-order chi connectivity index (χ0) is 13.2. The highest BCUT2D eigenvalue weighted by atomic mass is 16.5. The number of nitrogens with one attached hydrogen (secondary N) is 1. The standard InChI is InChI=1S/C14H15N3O2/c1-9(7-18-2)17-14-13-12(15-8-16-14)10-5-3-4-6-11(10)19-13/h3-6,8-9H,7H2,1-2H3,(H,15,16,17)/t9-/m0/s1. The van der Waals surface area contributed by atoms with Crippen molar-refractivity contribution >= 4 is 27.9 Å². The van der Waals surface area contributed by atoms with Gasteiger partial charge in [-0.3, -0.25) is 0 Å². The van der Waals surface area contributed by atoms with E-state index in [9.17, 15) is 0 Å². The third kappa shape index (κ3) is 2.13. The van der Waals surface area contributed by atoms with E-state index in [4.69, 9.17) is 9.15 Å². The molecule has 0 radical (unpaired) electrons. The van der Waals surface area contributed by atoms with Crippen molar-refractivity contribution in [3.05, 3.63) is 30.6 Å². The Morgan fingerprint density at radius 3 is 3.00 bits per heavy atom. The third-order valence-electron chi connectivity index (χ3n) is 2.96. The molecule has 0 bridgehead atoms. The molecule has 19 heavy (non-hydrogen) atoms. The van der Waals surface area contributed by atoms with Gasteiger partial charge in [0.15, 0.2) is 11.4 Å². The van der Waals surface area contributed by atoms with Crippen LogP contribution in [0.4, 0.5) is 5.82 Å². The number of para-hydroxylation sites is 1. The number of ether oxygens (including phenoxy) is 1. The minimum atomic E-state index is 0.149. The van der Waals surface area contributed by atoms with Crippen LogP contribution in [0.1, 0.15) is 6.92 Å². The fourth-order valence-corrected chi connectivity index (χ4v) is 2.15. The zero-order valence-electron chi connectivity index (χ0n) is 10.9. The Kier molecular flexibility index (Phi) is 3.05. The number of fused-ring (bicyclic) bond motifs is 3. The van der Waals surface area contributed by atoms with E-state index in [1.807, 2.05) is 31.2 Å². The fourth-order valence-electron chi connectivity index (χ4n) is 2.15. The first kappa shape index (κ1) is 11.9. The molecular weight excluding hydrogens is 242 g/mol. The van der Waals surface area contributed by atoms with Crippen LogP contribution in [0.25, 0.3) is 22.1 Å². The SMILES string of the molecule is COC[C@H](C)Nc1ncnc2c1oc1ccccc12. The van der Waals surface area contributed by atoms with Crippen LogP contribution < -0.4 is 5.32 Å². The van der Waals surface area contributed by atoms with E-state index in [0.717, 1.165) is 16.5 Å². The van der Waals surface area contributed by atoms with Crippen molar-refractivity contribution in [2.75, 3.05) is 19.0 Å². The Labute approximate surface area is 110 Å². The summed E-state index contributed by atoms with van der Waals surface area (Å²) in [5.41, 5.74) is 2.34. The average Bonchev–Trinajstić information content (AvgIpc) is 2.79. The first-order chi connectivity index (χ1) is 9.29. The molecule has 5 heteroatoms. The van der Waals surface area contributed by atoms with Gasteiger partial charge in [0.2, 0.25) is 0 Å². The maximum Gasteiger partial charge on any atom is 0.196 e. The zero-order valence-corrected chi connectivity index (χ0v) is 10.9. The van der Waals surface area contributed by atoms with E-state index in [1.54, 1.807) is 13.4 Å². The quantitative estimate of drug-likeness (QED) is 0.778. The second kappa shape index (κ2) is 4.85. The predicted molar refractivity (Wildman–Crippen MR) is 74.3 cm³/mol. The highest BCUT2D eigenvalue weighted by Crippen LogP contribution is 2.30. The average molecular weight is 257 g/mol. The lowest BCUT2D eigenvalue weighted by Crippen LogP contribution is -2.21. The van der Waals surface area contributed by atoms with Gasteiger partial charge in [-0.1, -0.05) is 12.1 Å². The summed E-state index contributed by atoms with van der Waals surface area (Å²) in [6, 6.07) is 7.99. The molecular formula is C14H15N3O2. The topological polar surface area (TPSA) is 60.2 Å². The summed E-state index contributed by atoms with van der Waals surface area (Å²) in [4.78, 5) is 8.56. The van der Waals surface area contributed by atoms with Gasteiger partial charge in [-0.15, -0.1) is 0 Å². The molecule has 0 aliphatic rings. The molecule has 3 rings (SSSR count). The Balaban J connectivity index is 2.10. The van der Waals surface area contributed by atoms with Crippen LogP contribution in [0, 0.1) is 0 Å². The van der Waals surface area contributed by atoms with E-state index < -0.39 is 0 Å². The van der Waals surface area contributed by atoms with Gasteiger partial charge in [0.05, 0.1) is 6.61 Å². The summed E-state index contributed by atoms with van der Waals surface area (Å²) >= 11 is 0. The molecule has 3 aromatic rings. The van der Waals surface area contributed by atoms with Gasteiger partial charge in [0.25, 0.3) is 0 Å². The van der Waals surface area contributed by atoms with Crippen LogP contribution in [0.15, 0.2) is 35.0 Å². The molecule has 0 amide bonds. The lowest BCUT2D eigenvalue weighted by Gasteiger charge is -2.12. The second-order valence-electron chi connectivity index (χ2n) is 4.50. The van der Waals surface area contributed by atoms with Gasteiger partial charge in [-0.25, -0.2) is 9.97 Å². The molecule has 1 N–H and O–H groups in total. The largest absolute Gasteiger partial charge is 0.450 e. The second-order valence-corrected chi connectivity index (χ2v) is 4.50. The number of nitrogens with zero attached hydrogens (tertiary/aromatic N) is 2. The van der Waals surface area contributed by atoms with Gasteiger partial charge < -0.3 is 14.5 Å². The molecule has 98 valence electrons. The maximum atomic E-state index is 5.83. The third-order valence-corrected chi connectivity index (χ3v) is 2.96. The molecule has 1 aromatic carbocycles. The molecule has 0 saturated carbocycles. The molecule has 1 atom stereocenters. The number of furan rings is 1. The lowest BCUT2D eigenvalue weighted by molar-refractivity contribution is 0.190. The highest BCUT2D eigenvalue weighted by Gasteiger charge is 2.13. The Hall–Kier alpha value is -2.14. The van der Waals surface area contributed by atoms with Crippen LogP contribution in [0.2, 0.25) is 0 Å². The Morgan fingerprint density at radius 1 is 1.32 bits per heavy atom. The summed E-state index contributed by atoms with van der Waals surface area (Å²) in [7, 11) is 1.68. The molecule has 5 nitrogen and oxygen atoms in total. The van der Waals surface area contributed by atoms with E-state index in [-0.39, 0.29) is 6.04 Å². The molecule has 0 unspecified atom stereocenters. The monoisotopic (exact) mass is 257 g/mol. The summed E-state index contributed by atoms with van der Waals surface area (Å²) < 4.78 is 10.9. The Morgan fingerprint density at radius 2 is 2.16 bits per heavy atom. The highest BCUT2D eigenvalue weighted by molar-refractivity contribution is 6.05. The van der Waals surface area contributed by atoms with Crippen LogP contribution in [-0.4, -0.2) is 29.7 Å². The minimum absolute atomic E-state index is 0.149. The van der Waals surface area contributed by atoms with Gasteiger partial charge in [-0.05, 0) is 19.1 Å². The predicted octanol–water partition coefficient (Wildman–Crippen LogP) is 2.82. The molecule has 2 aromatic heterocycles. The molecule has 0 fully saturated rings. The molecule has 0 spiro atoms. The number of methoxy groups -OCH3 is 1. The van der Waals surface area contributed by atoms with E-state index >= 15 is 0 Å². The van der Waals surface area contributed by atoms with Crippen molar-refractivity contribution in [2.45, 2.75) is 13.0 Å². The molecule has 0 aliphatic heterocycles. The van der Waals surface area contributed by atoms with Crippen molar-refractivity contribution in [2.24, 2.45) is 0 Å². The maximum absolute atomic E-state index is 5.83. The van der Waals surface area contributed by atoms with Crippen molar-refractivity contribution < 1.29 is 9.15 Å². The number of hydrogen-bond acceptors (Lipinski definition) is 5. The van der Waals surface area contributed by atoms with Crippen molar-refractivity contribution in [3.63, 3.8) is 0 Å². The lowest BCUT2D eigenvalue weighted by atomic mass is 10.2. The van der Waals surface area contributed by atoms with Crippen molar-refractivity contribution in [1.82, 2.24) is 9.97 Å². The number of hydrogen-bond donors (Lipinski definition) is 1. The van der Waals surface area contributed by atoms with Crippen molar-refractivity contribution in [1.29, 1.82) is 0 Å². The van der Waals surface area contributed by atoms with Gasteiger partial charge in [-0.2, -0.15) is 0 Å². The Bertz CT molecular complexity index is 708. The summed E-state index contributed by atoms with van der Waals surface area (Å²) in [6.45, 7) is 2.63. The van der Waals surface area contributed by atoms with Crippen LogP contribution in [0.5, 0.6) is 0 Å². The van der Waals surface area contributed by atoms with Crippen LogP contribution in [0.3, 0.4) is 0 Å².